The molecule has 124 valence electrons. The van der Waals surface area contributed by atoms with Gasteiger partial charge in [-0.3, -0.25) is 14.8 Å². The molecule has 0 radical (unpaired) electrons. The number of hydrogen-bond donors (Lipinski definition) is 0. The van der Waals surface area contributed by atoms with Gasteiger partial charge in [0.25, 0.3) is 0 Å². The van der Waals surface area contributed by atoms with E-state index in [1.807, 2.05) is 19.2 Å². The van der Waals surface area contributed by atoms with Crippen molar-refractivity contribution in [2.24, 2.45) is 0 Å². The second kappa shape index (κ2) is 7.19. The monoisotopic (exact) mass is 314 g/mol. The summed E-state index contributed by atoms with van der Waals surface area (Å²) in [5.41, 5.74) is 1.15. The van der Waals surface area contributed by atoms with Crippen molar-refractivity contribution in [2.45, 2.75) is 45.9 Å². The van der Waals surface area contributed by atoms with Crippen molar-refractivity contribution in [1.82, 2.24) is 29.5 Å². The van der Waals surface area contributed by atoms with Gasteiger partial charge in [0, 0.05) is 38.4 Å². The third-order valence-corrected chi connectivity index (χ3v) is 4.70. The summed E-state index contributed by atoms with van der Waals surface area (Å²) in [7, 11) is 2.19. The fourth-order valence-electron chi connectivity index (χ4n) is 3.34. The number of likely N-dealkylation sites (N-methyl/N-ethyl adjacent to an activating group) is 1. The van der Waals surface area contributed by atoms with E-state index in [4.69, 9.17) is 0 Å². The second-order valence-electron chi connectivity index (χ2n) is 6.32. The standard InChI is InChI=1S/C17H26N6/c1-4-23-14(2)19-20-17(23)13-21(3)16-8-10-22(12-16)11-15-7-5-6-9-18-15/h5-7,9,16H,4,8,10-13H2,1-3H3. The highest BCUT2D eigenvalue weighted by atomic mass is 15.3. The molecule has 1 aliphatic heterocycles. The van der Waals surface area contributed by atoms with Crippen molar-refractivity contribution < 1.29 is 0 Å². The summed E-state index contributed by atoms with van der Waals surface area (Å²) in [4.78, 5) is 9.32. The molecule has 1 fully saturated rings. The van der Waals surface area contributed by atoms with E-state index in [9.17, 15) is 0 Å². The van der Waals surface area contributed by atoms with Gasteiger partial charge in [0.2, 0.25) is 0 Å². The van der Waals surface area contributed by atoms with Crippen LogP contribution in [0.1, 0.15) is 30.7 Å². The highest BCUT2D eigenvalue weighted by molar-refractivity contribution is 5.04. The Kier molecular flexibility index (Phi) is 5.03. The lowest BCUT2D eigenvalue weighted by Crippen LogP contribution is -2.34. The summed E-state index contributed by atoms with van der Waals surface area (Å²) < 4.78 is 2.19. The Labute approximate surface area is 138 Å². The molecule has 0 amide bonds. The lowest BCUT2D eigenvalue weighted by atomic mass is 10.2. The number of aromatic nitrogens is 4. The third-order valence-electron chi connectivity index (χ3n) is 4.70. The molecule has 1 saturated heterocycles. The van der Waals surface area contributed by atoms with Crippen LogP contribution in [0.25, 0.3) is 0 Å². The van der Waals surface area contributed by atoms with Crippen molar-refractivity contribution in [3.05, 3.63) is 41.7 Å². The van der Waals surface area contributed by atoms with Crippen LogP contribution >= 0.6 is 0 Å². The van der Waals surface area contributed by atoms with E-state index in [1.165, 1.54) is 6.42 Å². The van der Waals surface area contributed by atoms with E-state index in [2.05, 4.69) is 55.7 Å². The van der Waals surface area contributed by atoms with Crippen molar-refractivity contribution in [3.8, 4) is 0 Å². The first kappa shape index (κ1) is 16.1. The van der Waals surface area contributed by atoms with Gasteiger partial charge in [-0.05, 0) is 39.4 Å². The summed E-state index contributed by atoms with van der Waals surface area (Å²) >= 11 is 0. The summed E-state index contributed by atoms with van der Waals surface area (Å²) in [5.74, 6) is 2.06. The Balaban J connectivity index is 1.56. The van der Waals surface area contributed by atoms with Crippen molar-refractivity contribution in [1.29, 1.82) is 0 Å². The minimum atomic E-state index is 0.570. The van der Waals surface area contributed by atoms with Crippen LogP contribution in [0, 0.1) is 6.92 Å². The quantitative estimate of drug-likeness (QED) is 0.812. The molecule has 2 aromatic heterocycles. The number of likely N-dealkylation sites (tertiary alicyclic amines) is 1. The zero-order valence-electron chi connectivity index (χ0n) is 14.3. The third kappa shape index (κ3) is 3.76. The fourth-order valence-corrected chi connectivity index (χ4v) is 3.34. The van der Waals surface area contributed by atoms with E-state index in [1.54, 1.807) is 0 Å². The minimum Gasteiger partial charge on any atom is -0.314 e. The Morgan fingerprint density at radius 2 is 2.17 bits per heavy atom. The maximum atomic E-state index is 4.43. The molecule has 0 bridgehead atoms. The SMILES string of the molecule is CCn1c(C)nnc1CN(C)C1CCN(Cc2ccccn2)C1. The predicted molar refractivity (Wildman–Crippen MR) is 89.8 cm³/mol. The maximum absolute atomic E-state index is 4.43. The largest absolute Gasteiger partial charge is 0.314 e. The van der Waals surface area contributed by atoms with E-state index in [-0.39, 0.29) is 0 Å². The first-order valence-electron chi connectivity index (χ1n) is 8.38. The number of rotatable bonds is 6. The maximum Gasteiger partial charge on any atom is 0.147 e. The topological polar surface area (TPSA) is 50.1 Å². The van der Waals surface area contributed by atoms with E-state index < -0.39 is 0 Å². The van der Waals surface area contributed by atoms with Gasteiger partial charge < -0.3 is 4.57 Å². The molecular formula is C17H26N6. The van der Waals surface area contributed by atoms with Crippen LogP contribution < -0.4 is 0 Å². The lowest BCUT2D eigenvalue weighted by Gasteiger charge is -2.24. The van der Waals surface area contributed by atoms with Crippen molar-refractivity contribution >= 4 is 0 Å². The van der Waals surface area contributed by atoms with Gasteiger partial charge in [-0.25, -0.2) is 0 Å². The molecule has 3 heterocycles. The predicted octanol–water partition coefficient (Wildman–Crippen LogP) is 1.71. The number of pyridine rings is 1. The molecule has 6 heteroatoms. The van der Waals surface area contributed by atoms with Gasteiger partial charge in [-0.2, -0.15) is 0 Å². The van der Waals surface area contributed by atoms with Crippen LogP contribution in [-0.2, 0) is 19.6 Å². The molecule has 1 unspecified atom stereocenters. The van der Waals surface area contributed by atoms with E-state index >= 15 is 0 Å². The molecule has 0 saturated carbocycles. The van der Waals surface area contributed by atoms with Crippen molar-refractivity contribution in [2.75, 3.05) is 20.1 Å². The summed E-state index contributed by atoms with van der Waals surface area (Å²) in [5, 5.41) is 8.54. The molecule has 1 aliphatic rings. The zero-order valence-corrected chi connectivity index (χ0v) is 14.3. The number of nitrogens with zero attached hydrogens (tertiary/aromatic N) is 6. The second-order valence-corrected chi connectivity index (χ2v) is 6.32. The van der Waals surface area contributed by atoms with E-state index in [0.717, 1.165) is 50.1 Å². The van der Waals surface area contributed by atoms with Crippen LogP contribution in [0.2, 0.25) is 0 Å². The molecular weight excluding hydrogens is 288 g/mol. The molecule has 0 spiro atoms. The van der Waals surface area contributed by atoms with Crippen molar-refractivity contribution in [3.63, 3.8) is 0 Å². The summed E-state index contributed by atoms with van der Waals surface area (Å²) in [6.45, 7) is 9.11. The average Bonchev–Trinajstić information content (AvgIpc) is 3.15. The lowest BCUT2D eigenvalue weighted by molar-refractivity contribution is 0.215. The van der Waals surface area contributed by atoms with Crippen LogP contribution in [0.5, 0.6) is 0 Å². The smallest absolute Gasteiger partial charge is 0.147 e. The van der Waals surface area contributed by atoms with Gasteiger partial charge in [0.05, 0.1) is 12.2 Å². The highest BCUT2D eigenvalue weighted by Crippen LogP contribution is 2.18. The number of aryl methyl sites for hydroxylation is 1. The highest BCUT2D eigenvalue weighted by Gasteiger charge is 2.26. The molecule has 2 aromatic rings. The molecule has 3 rings (SSSR count). The summed E-state index contributed by atoms with van der Waals surface area (Å²) in [6.07, 6.45) is 3.07. The Morgan fingerprint density at radius 3 is 2.91 bits per heavy atom. The number of hydrogen-bond acceptors (Lipinski definition) is 5. The van der Waals surface area contributed by atoms with Crippen LogP contribution in [0.4, 0.5) is 0 Å². The normalized spacial score (nSPS) is 18.9. The van der Waals surface area contributed by atoms with Crippen LogP contribution in [-0.4, -0.2) is 55.7 Å². The Bertz CT molecular complexity index is 623. The molecule has 0 aliphatic carbocycles. The Morgan fingerprint density at radius 1 is 1.30 bits per heavy atom. The van der Waals surface area contributed by atoms with Crippen LogP contribution in [0.15, 0.2) is 24.4 Å². The molecule has 1 atom stereocenters. The first-order chi connectivity index (χ1) is 11.2. The molecule has 0 aromatic carbocycles. The Hall–Kier alpha value is -1.79. The first-order valence-corrected chi connectivity index (χ1v) is 8.38. The average molecular weight is 314 g/mol. The fraction of sp³-hybridized carbons (Fsp3) is 0.588. The van der Waals surface area contributed by atoms with Gasteiger partial charge in [0.15, 0.2) is 0 Å². The molecule has 6 nitrogen and oxygen atoms in total. The van der Waals surface area contributed by atoms with Gasteiger partial charge in [0.1, 0.15) is 11.6 Å². The summed E-state index contributed by atoms with van der Waals surface area (Å²) in [6, 6.07) is 6.70. The van der Waals surface area contributed by atoms with Gasteiger partial charge in [-0.1, -0.05) is 6.07 Å². The minimum absolute atomic E-state index is 0.570. The van der Waals surface area contributed by atoms with Crippen LogP contribution in [0.3, 0.4) is 0 Å². The van der Waals surface area contributed by atoms with Gasteiger partial charge in [-0.15, -0.1) is 10.2 Å². The van der Waals surface area contributed by atoms with E-state index in [0.29, 0.717) is 6.04 Å². The molecule has 23 heavy (non-hydrogen) atoms. The van der Waals surface area contributed by atoms with Gasteiger partial charge >= 0.3 is 0 Å². The zero-order chi connectivity index (χ0) is 16.2. The molecule has 0 N–H and O–H groups in total.